The summed E-state index contributed by atoms with van der Waals surface area (Å²) in [7, 11) is 0. The predicted molar refractivity (Wildman–Crippen MR) is 65.7 cm³/mol. The zero-order valence-electron chi connectivity index (χ0n) is 8.09. The van der Waals surface area contributed by atoms with Gasteiger partial charge in [-0.05, 0) is 18.2 Å². The first-order chi connectivity index (χ1) is 7.84. The van der Waals surface area contributed by atoms with Crippen molar-refractivity contribution in [2.45, 2.75) is 0 Å². The highest BCUT2D eigenvalue weighted by atomic mass is 35.5. The summed E-state index contributed by atoms with van der Waals surface area (Å²) in [6, 6.07) is 5.69. The van der Waals surface area contributed by atoms with Gasteiger partial charge in [-0.2, -0.15) is 10.2 Å². The predicted octanol–water partition coefficient (Wildman–Crippen LogP) is 3.41. The molecule has 0 radical (unpaired) electrons. The summed E-state index contributed by atoms with van der Waals surface area (Å²) in [4.78, 5) is 4.34. The quantitative estimate of drug-likeness (QED) is 0.619. The van der Waals surface area contributed by atoms with E-state index < -0.39 is 0 Å². The van der Waals surface area contributed by atoms with Crippen LogP contribution >= 0.6 is 22.9 Å². The smallest absolute Gasteiger partial charge is 0.129 e. The summed E-state index contributed by atoms with van der Waals surface area (Å²) in [6.07, 6.45) is 3.40. The minimum atomic E-state index is 0.508. The van der Waals surface area contributed by atoms with Crippen LogP contribution in [0.3, 0.4) is 0 Å². The van der Waals surface area contributed by atoms with E-state index in [2.05, 4.69) is 20.6 Å². The van der Waals surface area contributed by atoms with Gasteiger partial charge < -0.3 is 0 Å². The molecule has 16 heavy (non-hydrogen) atoms. The van der Waals surface area contributed by atoms with E-state index in [4.69, 9.17) is 11.6 Å². The Morgan fingerprint density at radius 1 is 1.12 bits per heavy atom. The molecule has 0 saturated carbocycles. The molecule has 0 atom stereocenters. The van der Waals surface area contributed by atoms with E-state index in [-0.39, 0.29) is 0 Å². The molecule has 0 N–H and O–H groups in total. The maximum Gasteiger partial charge on any atom is 0.129 e. The Hall–Kier alpha value is -1.52. The zero-order valence-corrected chi connectivity index (χ0v) is 9.66. The molecule has 0 saturated heterocycles. The van der Waals surface area contributed by atoms with Gasteiger partial charge in [-0.15, -0.1) is 11.3 Å². The molecule has 0 amide bonds. The Morgan fingerprint density at radius 3 is 2.88 bits per heavy atom. The summed E-state index contributed by atoms with van der Waals surface area (Å²) < 4.78 is 1.12. The third-order valence-electron chi connectivity index (χ3n) is 2.28. The van der Waals surface area contributed by atoms with Crippen LogP contribution in [0, 0.1) is 0 Å². The lowest BCUT2D eigenvalue weighted by atomic mass is 10.1. The first-order valence-corrected chi connectivity index (χ1v) is 5.91. The van der Waals surface area contributed by atoms with Gasteiger partial charge in [0.25, 0.3) is 0 Å². The van der Waals surface area contributed by atoms with E-state index in [0.29, 0.717) is 5.15 Å². The van der Waals surface area contributed by atoms with Crippen molar-refractivity contribution in [1.82, 2.24) is 15.2 Å². The summed E-state index contributed by atoms with van der Waals surface area (Å²) >= 11 is 7.55. The van der Waals surface area contributed by atoms with Gasteiger partial charge in [-0.3, -0.25) is 0 Å². The lowest BCUT2D eigenvalue weighted by molar-refractivity contribution is 1.03. The highest BCUT2D eigenvalue weighted by Gasteiger charge is 2.08. The van der Waals surface area contributed by atoms with Gasteiger partial charge in [0.2, 0.25) is 0 Å². The average molecular weight is 248 g/mol. The highest BCUT2D eigenvalue weighted by Crippen LogP contribution is 2.32. The summed E-state index contributed by atoms with van der Waals surface area (Å²) in [6.45, 7) is 0. The van der Waals surface area contributed by atoms with Gasteiger partial charge in [0.1, 0.15) is 5.15 Å². The van der Waals surface area contributed by atoms with Crippen LogP contribution in [-0.2, 0) is 0 Å². The molecule has 3 aromatic rings. The van der Waals surface area contributed by atoms with E-state index in [1.165, 1.54) is 0 Å². The number of hydrogen-bond acceptors (Lipinski definition) is 4. The molecule has 0 aliphatic carbocycles. The van der Waals surface area contributed by atoms with E-state index >= 15 is 0 Å². The molecule has 3 nitrogen and oxygen atoms in total. The van der Waals surface area contributed by atoms with Crippen molar-refractivity contribution in [3.63, 3.8) is 0 Å². The summed E-state index contributed by atoms with van der Waals surface area (Å²) in [5.41, 5.74) is 2.99. The third-order valence-corrected chi connectivity index (χ3v) is 3.43. The first kappa shape index (κ1) is 9.69. The maximum absolute atomic E-state index is 5.90. The molecule has 0 unspecified atom stereocenters. The van der Waals surface area contributed by atoms with Crippen LogP contribution in [0.25, 0.3) is 21.3 Å². The lowest BCUT2D eigenvalue weighted by Crippen LogP contribution is -1.82. The van der Waals surface area contributed by atoms with Crippen molar-refractivity contribution >= 4 is 33.2 Å². The van der Waals surface area contributed by atoms with Crippen molar-refractivity contribution in [2.24, 2.45) is 0 Å². The highest BCUT2D eigenvalue weighted by molar-refractivity contribution is 7.17. The molecule has 0 fully saturated rings. The van der Waals surface area contributed by atoms with Gasteiger partial charge in [-0.25, -0.2) is 4.98 Å². The molecule has 5 heteroatoms. The number of rotatable bonds is 1. The fourth-order valence-electron chi connectivity index (χ4n) is 1.54. The van der Waals surface area contributed by atoms with Crippen LogP contribution in [0.15, 0.2) is 36.0 Å². The molecule has 0 bridgehead atoms. The number of hydrogen-bond donors (Lipinski definition) is 0. The van der Waals surface area contributed by atoms with Crippen molar-refractivity contribution in [3.05, 3.63) is 41.1 Å². The normalized spacial score (nSPS) is 10.8. The standard InChI is InChI=1S/C11H6ClN3S/c12-10-2-1-9-11(15-10)8(6-16-9)7-3-4-13-14-5-7/h1-6H. The van der Waals surface area contributed by atoms with Gasteiger partial charge in [0.15, 0.2) is 0 Å². The van der Waals surface area contributed by atoms with Gasteiger partial charge >= 0.3 is 0 Å². The molecule has 3 rings (SSSR count). The zero-order chi connectivity index (χ0) is 11.0. The second kappa shape index (κ2) is 3.81. The molecule has 0 spiro atoms. The van der Waals surface area contributed by atoms with Gasteiger partial charge in [0.05, 0.1) is 22.6 Å². The van der Waals surface area contributed by atoms with E-state index in [0.717, 1.165) is 21.3 Å². The van der Waals surface area contributed by atoms with E-state index in [1.807, 2.05) is 12.1 Å². The molecule has 3 heterocycles. The molecule has 0 aromatic carbocycles. The number of fused-ring (bicyclic) bond motifs is 1. The first-order valence-electron chi connectivity index (χ1n) is 4.65. The van der Waals surface area contributed by atoms with Crippen molar-refractivity contribution < 1.29 is 0 Å². The monoisotopic (exact) mass is 247 g/mol. The molecule has 0 aliphatic rings. The lowest BCUT2D eigenvalue weighted by Gasteiger charge is -1.97. The van der Waals surface area contributed by atoms with E-state index in [9.17, 15) is 0 Å². The molecule has 0 aliphatic heterocycles. The topological polar surface area (TPSA) is 38.7 Å². The number of thiophene rings is 1. The Morgan fingerprint density at radius 2 is 2.06 bits per heavy atom. The Bertz CT molecular complexity index is 636. The van der Waals surface area contributed by atoms with Crippen LogP contribution in [0.2, 0.25) is 5.15 Å². The molecular formula is C11H6ClN3S. The van der Waals surface area contributed by atoms with E-state index in [1.54, 1.807) is 29.8 Å². The third kappa shape index (κ3) is 1.56. The Balaban J connectivity index is 2.29. The molecule has 78 valence electrons. The number of pyridine rings is 1. The number of aromatic nitrogens is 3. The van der Waals surface area contributed by atoms with Crippen LogP contribution in [0.4, 0.5) is 0 Å². The second-order valence-corrected chi connectivity index (χ2v) is 4.56. The minimum absolute atomic E-state index is 0.508. The number of halogens is 1. The Kier molecular flexibility index (Phi) is 2.31. The maximum atomic E-state index is 5.90. The molecule has 3 aromatic heterocycles. The SMILES string of the molecule is Clc1ccc2scc(-c3ccnnc3)c2n1. The second-order valence-electron chi connectivity index (χ2n) is 3.26. The van der Waals surface area contributed by atoms with Crippen LogP contribution in [0.5, 0.6) is 0 Å². The summed E-state index contributed by atoms with van der Waals surface area (Å²) in [5, 5.41) is 10.2. The largest absolute Gasteiger partial charge is 0.235 e. The Labute approximate surface area is 101 Å². The number of nitrogens with zero attached hydrogens (tertiary/aromatic N) is 3. The van der Waals surface area contributed by atoms with Gasteiger partial charge in [-0.1, -0.05) is 11.6 Å². The van der Waals surface area contributed by atoms with Crippen molar-refractivity contribution in [1.29, 1.82) is 0 Å². The average Bonchev–Trinajstić information content (AvgIpc) is 2.73. The van der Waals surface area contributed by atoms with Crippen LogP contribution < -0.4 is 0 Å². The van der Waals surface area contributed by atoms with Crippen LogP contribution in [-0.4, -0.2) is 15.2 Å². The molecular weight excluding hydrogens is 242 g/mol. The van der Waals surface area contributed by atoms with Crippen molar-refractivity contribution in [3.8, 4) is 11.1 Å². The van der Waals surface area contributed by atoms with Gasteiger partial charge in [0, 0.05) is 16.5 Å². The van der Waals surface area contributed by atoms with Crippen molar-refractivity contribution in [2.75, 3.05) is 0 Å². The summed E-state index contributed by atoms with van der Waals surface area (Å²) in [5.74, 6) is 0. The minimum Gasteiger partial charge on any atom is -0.235 e. The van der Waals surface area contributed by atoms with Crippen LogP contribution in [0.1, 0.15) is 0 Å². The fourth-order valence-corrected chi connectivity index (χ4v) is 2.60. The fraction of sp³-hybridized carbons (Fsp3) is 0.